The van der Waals surface area contributed by atoms with E-state index in [4.69, 9.17) is 10.5 Å². The van der Waals surface area contributed by atoms with Gasteiger partial charge in [0.15, 0.2) is 0 Å². The number of ether oxygens (including phenoxy) is 1. The van der Waals surface area contributed by atoms with Crippen molar-refractivity contribution >= 4 is 11.6 Å². The van der Waals surface area contributed by atoms with Crippen molar-refractivity contribution in [2.24, 2.45) is 5.73 Å². The molecule has 2 aliphatic rings. The smallest absolute Gasteiger partial charge is 0.253 e. The van der Waals surface area contributed by atoms with Gasteiger partial charge < -0.3 is 25.7 Å². The molecule has 1 amide bonds. The van der Waals surface area contributed by atoms with E-state index in [-0.39, 0.29) is 24.1 Å². The molecular formula is C32H45N7O3. The Morgan fingerprint density at radius 3 is 2.55 bits per heavy atom. The van der Waals surface area contributed by atoms with Crippen molar-refractivity contribution in [3.63, 3.8) is 0 Å². The fourth-order valence-corrected chi connectivity index (χ4v) is 6.22. The van der Waals surface area contributed by atoms with Gasteiger partial charge in [-0.25, -0.2) is 0 Å². The van der Waals surface area contributed by atoms with Crippen LogP contribution in [-0.2, 0) is 17.8 Å². The van der Waals surface area contributed by atoms with Crippen LogP contribution < -0.4 is 21.5 Å². The fourth-order valence-electron chi connectivity index (χ4n) is 6.22. The van der Waals surface area contributed by atoms with Gasteiger partial charge in [-0.1, -0.05) is 0 Å². The molecule has 10 heteroatoms. The number of rotatable bonds is 9. The number of amides is 1. The lowest BCUT2D eigenvalue weighted by molar-refractivity contribution is 0.0360. The summed E-state index contributed by atoms with van der Waals surface area (Å²) >= 11 is 0. The third kappa shape index (κ3) is 6.94. The average Bonchev–Trinajstić information content (AvgIpc) is 3.45. The van der Waals surface area contributed by atoms with Crippen LogP contribution in [0.5, 0.6) is 0 Å². The Labute approximate surface area is 248 Å². The molecule has 226 valence electrons. The highest BCUT2D eigenvalue weighted by atomic mass is 16.5. The molecule has 5 rings (SSSR count). The van der Waals surface area contributed by atoms with Gasteiger partial charge in [0.25, 0.3) is 11.5 Å². The zero-order valence-corrected chi connectivity index (χ0v) is 25.4. The van der Waals surface area contributed by atoms with Gasteiger partial charge in [-0.15, -0.1) is 0 Å². The van der Waals surface area contributed by atoms with Crippen LogP contribution in [0.3, 0.4) is 0 Å². The molecule has 1 aromatic carbocycles. The molecule has 1 saturated heterocycles. The van der Waals surface area contributed by atoms with E-state index < -0.39 is 0 Å². The van der Waals surface area contributed by atoms with Crippen molar-refractivity contribution in [3.05, 3.63) is 68.9 Å². The number of pyridine rings is 1. The van der Waals surface area contributed by atoms with E-state index in [1.54, 1.807) is 0 Å². The van der Waals surface area contributed by atoms with Crippen molar-refractivity contribution in [2.45, 2.75) is 71.6 Å². The molecule has 3 aromatic rings. The normalized spacial score (nSPS) is 19.5. The zero-order valence-electron chi connectivity index (χ0n) is 25.4. The molecule has 0 radical (unpaired) electrons. The summed E-state index contributed by atoms with van der Waals surface area (Å²) in [7, 11) is 2.12. The highest BCUT2D eigenvalue weighted by Gasteiger charge is 2.25. The topological polar surface area (TPSA) is 122 Å². The van der Waals surface area contributed by atoms with Crippen molar-refractivity contribution in [3.8, 4) is 11.1 Å². The van der Waals surface area contributed by atoms with Gasteiger partial charge in [-0.05, 0) is 81.3 Å². The van der Waals surface area contributed by atoms with Crippen molar-refractivity contribution < 1.29 is 9.53 Å². The standard InChI is InChI=1S/C32H45N7O3/c1-21-15-22(2)36-32(41)29(21)19-34-31(40)28-16-24(17-30(23(28)3)37(4)27-7-5-26(33)6-8-27)25-18-35-39(20-25)10-9-38-11-13-42-14-12-38/h15-18,20,26-27H,5-14,19,33H2,1-4H3,(H,34,40)(H,36,41)/t26-,27-. The van der Waals surface area contributed by atoms with Gasteiger partial charge in [0.2, 0.25) is 0 Å². The summed E-state index contributed by atoms with van der Waals surface area (Å²) in [5, 5.41) is 7.66. The Kier molecular flexibility index (Phi) is 9.45. The summed E-state index contributed by atoms with van der Waals surface area (Å²) < 4.78 is 7.44. The highest BCUT2D eigenvalue weighted by Crippen LogP contribution is 2.34. The molecule has 0 bridgehead atoms. The van der Waals surface area contributed by atoms with Crippen LogP contribution in [0.1, 0.15) is 58.4 Å². The second-order valence-corrected chi connectivity index (χ2v) is 11.9. The summed E-state index contributed by atoms with van der Waals surface area (Å²) in [5.41, 5.74) is 12.7. The molecule has 0 atom stereocenters. The van der Waals surface area contributed by atoms with E-state index >= 15 is 0 Å². The number of nitrogens with zero attached hydrogens (tertiary/aromatic N) is 4. The maximum atomic E-state index is 13.7. The van der Waals surface area contributed by atoms with Crippen LogP contribution in [0.2, 0.25) is 0 Å². The number of carbonyl (C=O) groups excluding carboxylic acids is 1. The molecule has 0 spiro atoms. The van der Waals surface area contributed by atoms with Gasteiger partial charge in [0.1, 0.15) is 0 Å². The average molecular weight is 576 g/mol. The predicted molar refractivity (Wildman–Crippen MR) is 166 cm³/mol. The number of hydrogen-bond acceptors (Lipinski definition) is 7. The SMILES string of the molecule is Cc1cc(C)c(CNC(=O)c2cc(-c3cnn(CCN4CCOCC4)c3)cc(N(C)[C@H]3CC[C@H](N)CC3)c2C)c(=O)[nH]1. The number of aryl methyl sites for hydroxylation is 2. The molecular weight excluding hydrogens is 530 g/mol. The summed E-state index contributed by atoms with van der Waals surface area (Å²) in [6.45, 7) is 11.1. The van der Waals surface area contributed by atoms with Crippen LogP contribution in [-0.4, -0.2) is 77.6 Å². The second kappa shape index (κ2) is 13.2. The Morgan fingerprint density at radius 1 is 1.10 bits per heavy atom. The summed E-state index contributed by atoms with van der Waals surface area (Å²) in [5.74, 6) is -0.200. The number of hydrogen-bond donors (Lipinski definition) is 3. The molecule has 3 heterocycles. The first-order valence-electron chi connectivity index (χ1n) is 15.1. The minimum Gasteiger partial charge on any atom is -0.379 e. The Morgan fingerprint density at radius 2 is 1.83 bits per heavy atom. The number of carbonyl (C=O) groups is 1. The van der Waals surface area contributed by atoms with Crippen molar-refractivity contribution in [1.29, 1.82) is 0 Å². The molecule has 1 aliphatic carbocycles. The van der Waals surface area contributed by atoms with E-state index in [1.807, 2.05) is 43.8 Å². The zero-order chi connectivity index (χ0) is 29.8. The first-order valence-corrected chi connectivity index (χ1v) is 15.1. The number of aromatic amines is 1. The lowest BCUT2D eigenvalue weighted by atomic mass is 9.89. The van der Waals surface area contributed by atoms with Crippen LogP contribution in [0.25, 0.3) is 11.1 Å². The van der Waals surface area contributed by atoms with Gasteiger partial charge in [0.05, 0.1) is 26.0 Å². The summed E-state index contributed by atoms with van der Waals surface area (Å²) in [6, 6.07) is 6.68. The van der Waals surface area contributed by atoms with Crippen LogP contribution in [0.4, 0.5) is 5.69 Å². The molecule has 2 aromatic heterocycles. The Hall–Kier alpha value is -3.47. The van der Waals surface area contributed by atoms with Gasteiger partial charge in [-0.3, -0.25) is 19.2 Å². The van der Waals surface area contributed by atoms with Gasteiger partial charge in [-0.2, -0.15) is 5.10 Å². The largest absolute Gasteiger partial charge is 0.379 e. The third-order valence-electron chi connectivity index (χ3n) is 8.93. The second-order valence-electron chi connectivity index (χ2n) is 11.9. The van der Waals surface area contributed by atoms with Crippen LogP contribution in [0, 0.1) is 20.8 Å². The number of H-pyrrole nitrogens is 1. The minimum absolute atomic E-state index is 0.162. The van der Waals surface area contributed by atoms with Crippen LogP contribution in [0.15, 0.2) is 35.4 Å². The first-order chi connectivity index (χ1) is 20.2. The van der Waals surface area contributed by atoms with Gasteiger partial charge in [0, 0.05) is 79.6 Å². The monoisotopic (exact) mass is 575 g/mol. The fraction of sp³-hybridized carbons (Fsp3) is 0.531. The number of morpholine rings is 1. The van der Waals surface area contributed by atoms with Gasteiger partial charge >= 0.3 is 0 Å². The Bertz CT molecular complexity index is 1450. The van der Waals surface area contributed by atoms with E-state index in [2.05, 4.69) is 44.5 Å². The van der Waals surface area contributed by atoms with E-state index in [9.17, 15) is 9.59 Å². The first kappa shape index (κ1) is 30.0. The number of anilines is 1. The molecule has 0 unspecified atom stereocenters. The van der Waals surface area contributed by atoms with Crippen LogP contribution >= 0.6 is 0 Å². The molecule has 1 aliphatic heterocycles. The highest BCUT2D eigenvalue weighted by molar-refractivity contribution is 5.98. The third-order valence-corrected chi connectivity index (χ3v) is 8.93. The Balaban J connectivity index is 1.42. The molecule has 1 saturated carbocycles. The predicted octanol–water partition coefficient (Wildman–Crippen LogP) is 3.13. The number of nitrogens with one attached hydrogen (secondary N) is 2. The molecule has 2 fully saturated rings. The molecule has 4 N–H and O–H groups in total. The van der Waals surface area contributed by atoms with E-state index in [0.717, 1.165) is 98.7 Å². The van der Waals surface area contributed by atoms with E-state index in [1.165, 1.54) is 0 Å². The maximum Gasteiger partial charge on any atom is 0.253 e. The van der Waals surface area contributed by atoms with Crippen molar-refractivity contribution in [2.75, 3.05) is 44.8 Å². The lowest BCUT2D eigenvalue weighted by Gasteiger charge is -2.36. The van der Waals surface area contributed by atoms with E-state index in [0.29, 0.717) is 17.2 Å². The summed E-state index contributed by atoms with van der Waals surface area (Å²) in [4.78, 5) is 33.8. The maximum absolute atomic E-state index is 13.7. The molecule has 10 nitrogen and oxygen atoms in total. The minimum atomic E-state index is -0.200. The number of nitrogens with two attached hydrogens (primary N) is 1. The lowest BCUT2D eigenvalue weighted by Crippen LogP contribution is -2.39. The number of aromatic nitrogens is 3. The molecule has 42 heavy (non-hydrogen) atoms. The number of benzene rings is 1. The quantitative estimate of drug-likeness (QED) is 0.358. The van der Waals surface area contributed by atoms with Crippen molar-refractivity contribution in [1.82, 2.24) is 25.0 Å². The summed E-state index contributed by atoms with van der Waals surface area (Å²) in [6.07, 6.45) is 7.99.